The van der Waals surface area contributed by atoms with Gasteiger partial charge in [0.15, 0.2) is 0 Å². The van der Waals surface area contributed by atoms with E-state index in [0.29, 0.717) is 33.1 Å². The zero-order valence-corrected chi connectivity index (χ0v) is 12.4. The molecule has 6 nitrogen and oxygen atoms in total. The predicted molar refractivity (Wildman–Crippen MR) is 82.6 cm³/mol. The predicted octanol–water partition coefficient (Wildman–Crippen LogP) is 3.98. The highest BCUT2D eigenvalue weighted by Gasteiger charge is 2.15. The first-order valence-corrected chi connectivity index (χ1v) is 7.05. The number of halogens is 2. The van der Waals surface area contributed by atoms with Crippen molar-refractivity contribution in [1.29, 1.82) is 0 Å². The number of nitrogens with zero attached hydrogens (tertiary/aromatic N) is 4. The first kappa shape index (κ1) is 13.2. The van der Waals surface area contributed by atoms with Gasteiger partial charge in [-0.05, 0) is 24.3 Å². The van der Waals surface area contributed by atoms with E-state index in [1.807, 2.05) is 12.1 Å². The maximum absolute atomic E-state index is 6.19. The molecule has 0 radical (unpaired) electrons. The SMILES string of the molecule is Clc1ccc2[nH]c(-c3nc(-c4ccncn4)no3)cc2c1Cl. The Kier molecular flexibility index (Phi) is 3.06. The van der Waals surface area contributed by atoms with E-state index in [1.165, 1.54) is 6.33 Å². The molecular weight excluding hydrogens is 325 g/mol. The van der Waals surface area contributed by atoms with Crippen molar-refractivity contribution in [3.05, 3.63) is 46.8 Å². The van der Waals surface area contributed by atoms with Gasteiger partial charge < -0.3 is 9.51 Å². The molecule has 1 aromatic carbocycles. The third-order valence-electron chi connectivity index (χ3n) is 3.16. The van der Waals surface area contributed by atoms with Crippen LogP contribution in [-0.2, 0) is 0 Å². The Bertz CT molecular complexity index is 964. The third-order valence-corrected chi connectivity index (χ3v) is 3.98. The molecule has 0 amide bonds. The second-order valence-electron chi connectivity index (χ2n) is 4.52. The molecule has 108 valence electrons. The van der Waals surface area contributed by atoms with Gasteiger partial charge in [-0.25, -0.2) is 9.97 Å². The van der Waals surface area contributed by atoms with Crippen LogP contribution in [0.25, 0.3) is 34.0 Å². The number of aromatic nitrogens is 5. The summed E-state index contributed by atoms with van der Waals surface area (Å²) >= 11 is 12.2. The summed E-state index contributed by atoms with van der Waals surface area (Å²) in [7, 11) is 0. The van der Waals surface area contributed by atoms with Crippen molar-refractivity contribution >= 4 is 34.1 Å². The zero-order chi connectivity index (χ0) is 15.1. The van der Waals surface area contributed by atoms with E-state index in [2.05, 4.69) is 25.1 Å². The van der Waals surface area contributed by atoms with Gasteiger partial charge in [-0.15, -0.1) is 0 Å². The van der Waals surface area contributed by atoms with Crippen LogP contribution in [0.5, 0.6) is 0 Å². The highest BCUT2D eigenvalue weighted by atomic mass is 35.5. The van der Waals surface area contributed by atoms with Crippen LogP contribution in [0.3, 0.4) is 0 Å². The Morgan fingerprint density at radius 2 is 2.05 bits per heavy atom. The lowest BCUT2D eigenvalue weighted by atomic mass is 10.2. The Hall–Kier alpha value is -2.44. The number of aromatic amines is 1. The lowest BCUT2D eigenvalue weighted by Gasteiger charge is -1.95. The van der Waals surface area contributed by atoms with Crippen LogP contribution in [0.4, 0.5) is 0 Å². The van der Waals surface area contributed by atoms with Crippen molar-refractivity contribution < 1.29 is 4.52 Å². The summed E-state index contributed by atoms with van der Waals surface area (Å²) in [6, 6.07) is 7.10. The molecule has 0 unspecified atom stereocenters. The molecule has 0 aliphatic rings. The molecule has 0 fully saturated rings. The van der Waals surface area contributed by atoms with E-state index in [1.54, 1.807) is 18.3 Å². The number of fused-ring (bicyclic) bond motifs is 1. The minimum absolute atomic E-state index is 0.344. The van der Waals surface area contributed by atoms with E-state index in [-0.39, 0.29) is 0 Å². The normalized spacial score (nSPS) is 11.2. The van der Waals surface area contributed by atoms with Crippen molar-refractivity contribution in [2.75, 3.05) is 0 Å². The average Bonchev–Trinajstić information content (AvgIpc) is 3.19. The molecule has 3 aromatic heterocycles. The van der Waals surface area contributed by atoms with Gasteiger partial charge in [-0.3, -0.25) is 0 Å². The first-order valence-electron chi connectivity index (χ1n) is 6.29. The molecule has 1 N–H and O–H groups in total. The smallest absolute Gasteiger partial charge is 0.274 e. The van der Waals surface area contributed by atoms with Gasteiger partial charge in [0.25, 0.3) is 5.89 Å². The van der Waals surface area contributed by atoms with E-state index in [4.69, 9.17) is 27.7 Å². The molecule has 0 bridgehead atoms. The van der Waals surface area contributed by atoms with Crippen molar-refractivity contribution in [2.45, 2.75) is 0 Å². The van der Waals surface area contributed by atoms with Gasteiger partial charge in [0.1, 0.15) is 17.7 Å². The second-order valence-corrected chi connectivity index (χ2v) is 5.31. The van der Waals surface area contributed by atoms with Gasteiger partial charge in [0.05, 0.1) is 10.0 Å². The second kappa shape index (κ2) is 5.08. The van der Waals surface area contributed by atoms with Crippen molar-refractivity contribution in [3.8, 4) is 23.1 Å². The van der Waals surface area contributed by atoms with Gasteiger partial charge in [0, 0.05) is 17.1 Å². The lowest BCUT2D eigenvalue weighted by Crippen LogP contribution is -1.85. The number of nitrogens with one attached hydrogen (secondary N) is 1. The van der Waals surface area contributed by atoms with Crippen LogP contribution < -0.4 is 0 Å². The Morgan fingerprint density at radius 1 is 1.14 bits per heavy atom. The van der Waals surface area contributed by atoms with Gasteiger partial charge in [-0.2, -0.15) is 4.98 Å². The molecule has 0 spiro atoms. The Balaban J connectivity index is 1.80. The minimum Gasteiger partial charge on any atom is -0.350 e. The highest BCUT2D eigenvalue weighted by Crippen LogP contribution is 2.33. The highest BCUT2D eigenvalue weighted by molar-refractivity contribution is 6.45. The molecule has 22 heavy (non-hydrogen) atoms. The molecule has 0 aliphatic carbocycles. The monoisotopic (exact) mass is 331 g/mol. The minimum atomic E-state index is 0.344. The van der Waals surface area contributed by atoms with Gasteiger partial charge in [-0.1, -0.05) is 28.4 Å². The number of H-pyrrole nitrogens is 1. The fourth-order valence-electron chi connectivity index (χ4n) is 2.12. The van der Waals surface area contributed by atoms with E-state index >= 15 is 0 Å². The van der Waals surface area contributed by atoms with Crippen molar-refractivity contribution in [3.63, 3.8) is 0 Å². The van der Waals surface area contributed by atoms with Crippen molar-refractivity contribution in [2.24, 2.45) is 0 Å². The summed E-state index contributed by atoms with van der Waals surface area (Å²) in [4.78, 5) is 15.4. The fraction of sp³-hybridized carbons (Fsp3) is 0. The van der Waals surface area contributed by atoms with Crippen LogP contribution in [0.15, 0.2) is 41.3 Å². The molecule has 0 saturated carbocycles. The van der Waals surface area contributed by atoms with Crippen LogP contribution in [0.2, 0.25) is 10.0 Å². The van der Waals surface area contributed by atoms with E-state index in [0.717, 1.165) is 10.9 Å². The summed E-state index contributed by atoms with van der Waals surface area (Å²) in [5.74, 6) is 0.734. The molecule has 0 saturated heterocycles. The molecule has 4 aromatic rings. The van der Waals surface area contributed by atoms with E-state index in [9.17, 15) is 0 Å². The summed E-state index contributed by atoms with van der Waals surface area (Å²) in [6.45, 7) is 0. The first-order chi connectivity index (χ1) is 10.7. The topological polar surface area (TPSA) is 80.5 Å². The van der Waals surface area contributed by atoms with Crippen LogP contribution >= 0.6 is 23.2 Å². The number of benzene rings is 1. The summed E-state index contributed by atoms with van der Waals surface area (Å²) < 4.78 is 5.28. The molecule has 4 rings (SSSR count). The standard InChI is InChI=1S/C14H7Cl2N5O/c15-8-1-2-9-7(12(8)16)5-11(19-9)14-20-13(21-22-14)10-3-4-17-6-18-10/h1-6,19H. The molecule has 8 heteroatoms. The molecule has 0 aliphatic heterocycles. The quantitative estimate of drug-likeness (QED) is 0.600. The van der Waals surface area contributed by atoms with Crippen LogP contribution in [0.1, 0.15) is 0 Å². The number of hydrogen-bond acceptors (Lipinski definition) is 5. The maximum Gasteiger partial charge on any atom is 0.274 e. The average molecular weight is 332 g/mol. The Morgan fingerprint density at radius 3 is 2.86 bits per heavy atom. The van der Waals surface area contributed by atoms with E-state index < -0.39 is 0 Å². The van der Waals surface area contributed by atoms with Crippen LogP contribution in [-0.4, -0.2) is 25.1 Å². The Labute approximate surface area is 134 Å². The maximum atomic E-state index is 6.19. The van der Waals surface area contributed by atoms with Crippen molar-refractivity contribution in [1.82, 2.24) is 25.1 Å². The summed E-state index contributed by atoms with van der Waals surface area (Å²) in [6.07, 6.45) is 3.04. The zero-order valence-electron chi connectivity index (χ0n) is 10.9. The third kappa shape index (κ3) is 2.13. The van der Waals surface area contributed by atoms with Crippen LogP contribution in [0, 0.1) is 0 Å². The molecule has 0 atom stereocenters. The lowest BCUT2D eigenvalue weighted by molar-refractivity contribution is 0.431. The van der Waals surface area contributed by atoms with Gasteiger partial charge in [0.2, 0.25) is 5.82 Å². The van der Waals surface area contributed by atoms with Gasteiger partial charge >= 0.3 is 0 Å². The fourth-order valence-corrected chi connectivity index (χ4v) is 2.50. The molecular formula is C14H7Cl2N5O. The molecule has 3 heterocycles. The summed E-state index contributed by atoms with van der Waals surface area (Å²) in [5.41, 5.74) is 2.08. The largest absolute Gasteiger partial charge is 0.350 e. The number of hydrogen-bond donors (Lipinski definition) is 1. The number of rotatable bonds is 2. The summed E-state index contributed by atoms with van der Waals surface area (Å²) in [5, 5.41) is 5.69.